The molecule has 1 aliphatic carbocycles. The van der Waals surface area contributed by atoms with Gasteiger partial charge in [0.2, 0.25) is 0 Å². The molecule has 2 nitrogen and oxygen atoms in total. The summed E-state index contributed by atoms with van der Waals surface area (Å²) in [6.07, 6.45) is 11.2. The van der Waals surface area contributed by atoms with Crippen LogP contribution in [-0.2, 0) is 0 Å². The minimum absolute atomic E-state index is 0.420. The number of nitrogens with one attached hydrogen (secondary N) is 1. The van der Waals surface area contributed by atoms with Crippen LogP contribution in [0.1, 0.15) is 38.5 Å². The Labute approximate surface area is 80.7 Å². The second-order valence-corrected chi connectivity index (χ2v) is 3.92. The Morgan fingerprint density at radius 1 is 1.38 bits per heavy atom. The van der Waals surface area contributed by atoms with Gasteiger partial charge in [0.1, 0.15) is 0 Å². The zero-order valence-electron chi connectivity index (χ0n) is 8.18. The van der Waals surface area contributed by atoms with Gasteiger partial charge < -0.3 is 10.4 Å². The largest absolute Gasteiger partial charge is 0.389 e. The van der Waals surface area contributed by atoms with Gasteiger partial charge in [0.25, 0.3) is 0 Å². The van der Waals surface area contributed by atoms with Crippen molar-refractivity contribution < 1.29 is 5.11 Å². The maximum Gasteiger partial charge on any atom is 0.0771 e. The van der Waals surface area contributed by atoms with Gasteiger partial charge in [0, 0.05) is 13.0 Å². The smallest absolute Gasteiger partial charge is 0.0771 e. The predicted molar refractivity (Wildman–Crippen MR) is 54.4 cm³/mol. The topological polar surface area (TPSA) is 32.3 Å². The van der Waals surface area contributed by atoms with Crippen molar-refractivity contribution in [1.29, 1.82) is 0 Å². The molecular weight excluding hydrogens is 162 g/mol. The lowest BCUT2D eigenvalue weighted by molar-refractivity contribution is 0.0479. The normalized spacial score (nSPS) is 20.0. The zero-order chi connectivity index (χ0) is 9.57. The predicted octanol–water partition coefficient (Wildman–Crippen LogP) is 1.29. The van der Waals surface area contributed by atoms with Crippen molar-refractivity contribution in [3.8, 4) is 12.3 Å². The number of terminal acetylenes is 1. The first-order valence-corrected chi connectivity index (χ1v) is 5.13. The monoisotopic (exact) mass is 181 g/mol. The summed E-state index contributed by atoms with van der Waals surface area (Å²) in [5.41, 5.74) is -0.420. The minimum atomic E-state index is -0.420. The molecule has 1 aliphatic rings. The van der Waals surface area contributed by atoms with Crippen molar-refractivity contribution in [3.05, 3.63) is 0 Å². The fourth-order valence-electron chi connectivity index (χ4n) is 1.85. The third-order valence-electron chi connectivity index (χ3n) is 2.66. The summed E-state index contributed by atoms with van der Waals surface area (Å²) in [6, 6.07) is 0. The number of aliphatic hydroxyl groups is 1. The maximum absolute atomic E-state index is 9.94. The molecule has 1 saturated carbocycles. The van der Waals surface area contributed by atoms with Gasteiger partial charge in [0.15, 0.2) is 0 Å². The van der Waals surface area contributed by atoms with Crippen LogP contribution in [0, 0.1) is 12.3 Å². The van der Waals surface area contributed by atoms with Crippen LogP contribution in [0.4, 0.5) is 0 Å². The molecule has 0 amide bonds. The molecule has 0 unspecified atom stereocenters. The molecular formula is C11H19NO. The van der Waals surface area contributed by atoms with Gasteiger partial charge >= 0.3 is 0 Å². The van der Waals surface area contributed by atoms with Crippen molar-refractivity contribution in [1.82, 2.24) is 5.32 Å². The van der Waals surface area contributed by atoms with Crippen LogP contribution < -0.4 is 5.32 Å². The Hall–Kier alpha value is -0.520. The van der Waals surface area contributed by atoms with Crippen LogP contribution in [0.3, 0.4) is 0 Å². The molecule has 0 aromatic heterocycles. The number of hydrogen-bond acceptors (Lipinski definition) is 2. The van der Waals surface area contributed by atoms with Gasteiger partial charge in [-0.1, -0.05) is 12.8 Å². The highest BCUT2D eigenvalue weighted by Gasteiger charge is 2.30. The minimum Gasteiger partial charge on any atom is -0.389 e. The van der Waals surface area contributed by atoms with E-state index in [1.165, 1.54) is 12.8 Å². The summed E-state index contributed by atoms with van der Waals surface area (Å²) in [5.74, 6) is 2.60. The summed E-state index contributed by atoms with van der Waals surface area (Å²) < 4.78 is 0. The molecule has 1 fully saturated rings. The molecule has 0 heterocycles. The van der Waals surface area contributed by atoms with Gasteiger partial charge in [-0.05, 0) is 25.8 Å². The standard InChI is InChI=1S/C11H19NO/c1-2-3-6-9-12-10-11(13)7-4-5-8-11/h1,12-13H,3-10H2. The summed E-state index contributed by atoms with van der Waals surface area (Å²) in [4.78, 5) is 0. The number of hydrogen-bond donors (Lipinski definition) is 2. The van der Waals surface area contributed by atoms with E-state index in [0.717, 1.165) is 38.8 Å². The molecule has 0 saturated heterocycles. The maximum atomic E-state index is 9.94. The second kappa shape index (κ2) is 5.26. The van der Waals surface area contributed by atoms with Crippen molar-refractivity contribution in [2.24, 2.45) is 0 Å². The summed E-state index contributed by atoms with van der Waals surface area (Å²) in [6.45, 7) is 1.66. The Balaban J connectivity index is 2.02. The number of rotatable bonds is 5. The fraction of sp³-hybridized carbons (Fsp3) is 0.818. The van der Waals surface area contributed by atoms with E-state index in [2.05, 4.69) is 11.2 Å². The van der Waals surface area contributed by atoms with E-state index < -0.39 is 5.60 Å². The zero-order valence-corrected chi connectivity index (χ0v) is 8.18. The van der Waals surface area contributed by atoms with Crippen LogP contribution in [-0.4, -0.2) is 23.8 Å². The Morgan fingerprint density at radius 3 is 2.69 bits per heavy atom. The average molecular weight is 181 g/mol. The van der Waals surface area contributed by atoms with E-state index >= 15 is 0 Å². The van der Waals surface area contributed by atoms with Crippen LogP contribution >= 0.6 is 0 Å². The molecule has 0 bridgehead atoms. The van der Waals surface area contributed by atoms with Crippen LogP contribution in [0.25, 0.3) is 0 Å². The summed E-state index contributed by atoms with van der Waals surface area (Å²) in [7, 11) is 0. The lowest BCUT2D eigenvalue weighted by atomic mass is 10.0. The molecule has 0 aliphatic heterocycles. The van der Waals surface area contributed by atoms with E-state index in [1.54, 1.807) is 0 Å². The van der Waals surface area contributed by atoms with Crippen molar-refractivity contribution in [2.45, 2.75) is 44.1 Å². The summed E-state index contributed by atoms with van der Waals surface area (Å²) in [5, 5.41) is 13.2. The average Bonchev–Trinajstić information content (AvgIpc) is 2.53. The van der Waals surface area contributed by atoms with Crippen LogP contribution in [0.5, 0.6) is 0 Å². The highest BCUT2D eigenvalue weighted by molar-refractivity contribution is 4.87. The molecule has 2 heteroatoms. The molecule has 0 aromatic carbocycles. The molecule has 0 aromatic rings. The Kier molecular flexibility index (Phi) is 4.27. The number of unbranched alkanes of at least 4 members (excludes halogenated alkanes) is 1. The fourth-order valence-corrected chi connectivity index (χ4v) is 1.85. The first-order valence-electron chi connectivity index (χ1n) is 5.13. The Bertz CT molecular complexity index is 177. The van der Waals surface area contributed by atoms with Gasteiger partial charge in [0.05, 0.1) is 5.60 Å². The van der Waals surface area contributed by atoms with Gasteiger partial charge in [-0.2, -0.15) is 0 Å². The lowest BCUT2D eigenvalue weighted by Crippen LogP contribution is -2.38. The van der Waals surface area contributed by atoms with E-state index in [9.17, 15) is 5.11 Å². The molecule has 2 N–H and O–H groups in total. The van der Waals surface area contributed by atoms with Crippen molar-refractivity contribution >= 4 is 0 Å². The van der Waals surface area contributed by atoms with Crippen LogP contribution in [0.2, 0.25) is 0 Å². The Morgan fingerprint density at radius 2 is 2.08 bits per heavy atom. The quantitative estimate of drug-likeness (QED) is 0.495. The molecule has 0 radical (unpaired) electrons. The molecule has 74 valence electrons. The molecule has 13 heavy (non-hydrogen) atoms. The second-order valence-electron chi connectivity index (χ2n) is 3.92. The van der Waals surface area contributed by atoms with Gasteiger partial charge in [-0.25, -0.2) is 0 Å². The van der Waals surface area contributed by atoms with Gasteiger partial charge in [-0.15, -0.1) is 12.3 Å². The molecule has 0 spiro atoms. The third kappa shape index (κ3) is 3.80. The van der Waals surface area contributed by atoms with E-state index in [0.29, 0.717) is 0 Å². The van der Waals surface area contributed by atoms with E-state index in [-0.39, 0.29) is 0 Å². The third-order valence-corrected chi connectivity index (χ3v) is 2.66. The highest BCUT2D eigenvalue weighted by Crippen LogP contribution is 2.28. The van der Waals surface area contributed by atoms with Crippen LogP contribution in [0.15, 0.2) is 0 Å². The van der Waals surface area contributed by atoms with Gasteiger partial charge in [-0.3, -0.25) is 0 Å². The molecule has 0 atom stereocenters. The van der Waals surface area contributed by atoms with E-state index in [4.69, 9.17) is 6.42 Å². The molecule has 1 rings (SSSR count). The lowest BCUT2D eigenvalue weighted by Gasteiger charge is -2.22. The SMILES string of the molecule is C#CCCCNCC1(O)CCCC1. The van der Waals surface area contributed by atoms with Crippen molar-refractivity contribution in [3.63, 3.8) is 0 Å². The highest BCUT2D eigenvalue weighted by atomic mass is 16.3. The first-order chi connectivity index (χ1) is 6.27. The van der Waals surface area contributed by atoms with Crippen molar-refractivity contribution in [2.75, 3.05) is 13.1 Å². The van der Waals surface area contributed by atoms with E-state index in [1.807, 2.05) is 0 Å². The summed E-state index contributed by atoms with van der Waals surface area (Å²) >= 11 is 0. The first kappa shape index (κ1) is 10.6.